The number of nitrogens with zero attached hydrogens (tertiary/aromatic N) is 4. The van der Waals surface area contributed by atoms with Crippen molar-refractivity contribution in [2.24, 2.45) is 11.8 Å². The molecule has 0 saturated carbocycles. The largest absolute Gasteiger partial charge is 0.456 e. The minimum atomic E-state index is 0.129. The molecule has 9 aromatic rings. The summed E-state index contributed by atoms with van der Waals surface area (Å²) >= 11 is 0. The average Bonchev–Trinajstić information content (AvgIpc) is 4.29. The Labute approximate surface area is 416 Å². The standard InChI is InChI=1S/C66H46N4O2/c1-3-15-39(16-4-1)67(41-27-33-61-51(35-41)43-19-9-13-25-59(43)71-61)55-31-29-45-49-37-58-50(38-57(49)69-53-23-11-7-21-47(53)63(55)65(45)69)46-30-32-56(64-48-22-8-12-24-54(48)70(58)66(46)64)68(40-17-5-2-6-18-40)42-28-34-62-52(36-42)44-20-10-14-26-60(44)72-62/h1-23,25-36,38,49,54,63-66H,24,37H2. The highest BCUT2D eigenvalue weighted by molar-refractivity contribution is 6.07. The van der Waals surface area contributed by atoms with Crippen LogP contribution in [0.2, 0.25) is 0 Å². The lowest BCUT2D eigenvalue weighted by Crippen LogP contribution is -2.37. The second-order valence-electron chi connectivity index (χ2n) is 20.6. The van der Waals surface area contributed by atoms with Gasteiger partial charge in [0.05, 0.1) is 24.0 Å². The number of hydrogen-bond acceptors (Lipinski definition) is 6. The quantitative estimate of drug-likeness (QED) is 0.165. The van der Waals surface area contributed by atoms with Crippen LogP contribution in [0.4, 0.5) is 28.4 Å². The van der Waals surface area contributed by atoms with E-state index in [0.29, 0.717) is 6.04 Å². The van der Waals surface area contributed by atoms with E-state index < -0.39 is 0 Å². The summed E-state index contributed by atoms with van der Waals surface area (Å²) in [5.41, 5.74) is 22.4. The van der Waals surface area contributed by atoms with Gasteiger partial charge in [-0.3, -0.25) is 0 Å². The Bertz CT molecular complexity index is 4120. The number of fused-ring (bicyclic) bond motifs is 17. The second-order valence-corrected chi connectivity index (χ2v) is 20.6. The average molecular weight is 927 g/mol. The van der Waals surface area contributed by atoms with Crippen molar-refractivity contribution < 1.29 is 8.83 Å². The van der Waals surface area contributed by atoms with E-state index in [1.54, 1.807) is 0 Å². The number of furan rings is 2. The Morgan fingerprint density at radius 3 is 1.78 bits per heavy atom. The third kappa shape index (κ3) is 5.18. The summed E-state index contributed by atoms with van der Waals surface area (Å²) in [6, 6.07) is 62.1. The minimum absolute atomic E-state index is 0.129. The maximum absolute atomic E-state index is 6.35. The first-order valence-corrected chi connectivity index (χ1v) is 25.6. The van der Waals surface area contributed by atoms with Gasteiger partial charge < -0.3 is 28.4 Å². The van der Waals surface area contributed by atoms with E-state index in [2.05, 4.69) is 232 Å². The van der Waals surface area contributed by atoms with Gasteiger partial charge in [-0.15, -0.1) is 0 Å². The summed E-state index contributed by atoms with van der Waals surface area (Å²) < 4.78 is 12.7. The molecule has 0 amide bonds. The maximum Gasteiger partial charge on any atom is 0.135 e. The van der Waals surface area contributed by atoms with Crippen molar-refractivity contribution in [1.82, 2.24) is 4.90 Å². The molecule has 4 aliphatic carbocycles. The van der Waals surface area contributed by atoms with Crippen LogP contribution >= 0.6 is 0 Å². The molecule has 7 aromatic carbocycles. The molecular formula is C66H46N4O2. The fourth-order valence-electron chi connectivity index (χ4n) is 14.4. The van der Waals surface area contributed by atoms with Crippen LogP contribution in [0.15, 0.2) is 272 Å². The molecule has 0 radical (unpaired) electrons. The molecule has 0 N–H and O–H groups in total. The van der Waals surface area contributed by atoms with Gasteiger partial charge in [-0.2, -0.15) is 0 Å². The zero-order valence-electron chi connectivity index (χ0n) is 39.3. The number of rotatable bonds is 6. The Kier molecular flexibility index (Phi) is 7.82. The van der Waals surface area contributed by atoms with Gasteiger partial charge in [0.25, 0.3) is 0 Å². The summed E-state index contributed by atoms with van der Waals surface area (Å²) in [4.78, 5) is 10.7. The van der Waals surface area contributed by atoms with Gasteiger partial charge in [-0.1, -0.05) is 121 Å². The topological polar surface area (TPSA) is 39.2 Å². The molecule has 72 heavy (non-hydrogen) atoms. The molecule has 2 aromatic heterocycles. The van der Waals surface area contributed by atoms with Crippen LogP contribution < -0.4 is 14.7 Å². The normalized spacial score (nSPS) is 23.8. The van der Waals surface area contributed by atoms with E-state index in [1.807, 2.05) is 6.07 Å². The third-order valence-electron chi connectivity index (χ3n) is 17.2. The van der Waals surface area contributed by atoms with Gasteiger partial charge >= 0.3 is 0 Å². The van der Waals surface area contributed by atoms with E-state index in [0.717, 1.165) is 79.5 Å². The molecule has 6 heteroatoms. The van der Waals surface area contributed by atoms with E-state index in [9.17, 15) is 0 Å². The van der Waals surface area contributed by atoms with Gasteiger partial charge in [-0.25, -0.2) is 0 Å². The summed E-state index contributed by atoms with van der Waals surface area (Å²) in [6.07, 6.45) is 21.7. The Balaban J connectivity index is 0.804. The molecule has 4 aliphatic heterocycles. The van der Waals surface area contributed by atoms with Gasteiger partial charge in [-0.05, 0) is 126 Å². The first kappa shape index (κ1) is 39.0. The van der Waals surface area contributed by atoms with Crippen molar-refractivity contribution in [2.75, 3.05) is 14.7 Å². The van der Waals surface area contributed by atoms with Gasteiger partial charge in [0, 0.05) is 96.6 Å². The van der Waals surface area contributed by atoms with Crippen LogP contribution in [-0.4, -0.2) is 23.0 Å². The van der Waals surface area contributed by atoms with Gasteiger partial charge in [0.15, 0.2) is 0 Å². The number of allylic oxidation sites excluding steroid dienone is 9. The van der Waals surface area contributed by atoms with Crippen molar-refractivity contribution in [3.05, 3.63) is 269 Å². The molecule has 8 aliphatic rings. The van der Waals surface area contributed by atoms with Gasteiger partial charge in [0.2, 0.25) is 0 Å². The van der Waals surface area contributed by atoms with E-state index in [-0.39, 0.29) is 29.8 Å². The number of para-hydroxylation sites is 5. The van der Waals surface area contributed by atoms with Crippen molar-refractivity contribution in [3.8, 4) is 0 Å². The van der Waals surface area contributed by atoms with Crippen LogP contribution in [0.3, 0.4) is 0 Å². The summed E-state index contributed by atoms with van der Waals surface area (Å²) in [6.45, 7) is 0. The number of benzene rings is 7. The SMILES string of the molecule is C1=CCC2C(=C1)C1C(N(c3ccccc3)c3ccc4oc5ccccc5c4c3)=CC=C3C4=C(CC5C6=CC=C(N(c7ccccc7)c7ccc8oc9ccccc9c8c7)C7c8ccccc8N(C5=C4)C67)N2C31. The first-order chi connectivity index (χ1) is 35.7. The molecule has 6 atom stereocenters. The Morgan fingerprint density at radius 2 is 1.08 bits per heavy atom. The summed E-state index contributed by atoms with van der Waals surface area (Å²) in [5.74, 6) is 0.578. The maximum atomic E-state index is 6.35. The molecular weight excluding hydrogens is 881 g/mol. The molecule has 0 spiro atoms. The van der Waals surface area contributed by atoms with Crippen molar-refractivity contribution >= 4 is 72.3 Å². The molecule has 342 valence electrons. The fourth-order valence-corrected chi connectivity index (χ4v) is 14.4. The van der Waals surface area contributed by atoms with Crippen LogP contribution in [-0.2, 0) is 0 Å². The molecule has 2 fully saturated rings. The highest BCUT2D eigenvalue weighted by Gasteiger charge is 2.60. The van der Waals surface area contributed by atoms with Crippen molar-refractivity contribution in [2.45, 2.75) is 36.9 Å². The second kappa shape index (κ2) is 14.4. The fraction of sp³-hybridized carbons (Fsp3) is 0.121. The van der Waals surface area contributed by atoms with E-state index in [4.69, 9.17) is 8.83 Å². The van der Waals surface area contributed by atoms with Crippen LogP contribution in [0.25, 0.3) is 43.9 Å². The minimum Gasteiger partial charge on any atom is -0.456 e. The van der Waals surface area contributed by atoms with E-state index in [1.165, 1.54) is 56.3 Å². The van der Waals surface area contributed by atoms with Gasteiger partial charge in [0.1, 0.15) is 22.3 Å². The predicted molar refractivity (Wildman–Crippen MR) is 290 cm³/mol. The first-order valence-electron chi connectivity index (χ1n) is 25.6. The number of hydrogen-bond donors (Lipinski definition) is 0. The van der Waals surface area contributed by atoms with E-state index >= 15 is 0 Å². The smallest absolute Gasteiger partial charge is 0.135 e. The monoisotopic (exact) mass is 926 g/mol. The highest BCUT2D eigenvalue weighted by Crippen LogP contribution is 2.64. The lowest BCUT2D eigenvalue weighted by molar-refractivity contribution is 0.276. The van der Waals surface area contributed by atoms with Crippen molar-refractivity contribution in [1.29, 1.82) is 0 Å². The molecule has 6 unspecified atom stereocenters. The van der Waals surface area contributed by atoms with Crippen LogP contribution in [0.1, 0.15) is 24.3 Å². The highest BCUT2D eigenvalue weighted by atomic mass is 16.3. The Morgan fingerprint density at radius 1 is 0.486 bits per heavy atom. The Hall–Kier alpha value is -8.74. The molecule has 6 heterocycles. The number of anilines is 5. The van der Waals surface area contributed by atoms with Crippen molar-refractivity contribution in [3.63, 3.8) is 0 Å². The summed E-state index contributed by atoms with van der Waals surface area (Å²) in [7, 11) is 0. The third-order valence-corrected chi connectivity index (χ3v) is 17.2. The lowest BCUT2D eigenvalue weighted by atomic mass is 9.75. The lowest BCUT2D eigenvalue weighted by Gasteiger charge is -2.37. The molecule has 2 saturated heterocycles. The molecule has 0 bridgehead atoms. The molecule has 6 nitrogen and oxygen atoms in total. The molecule has 17 rings (SSSR count). The zero-order chi connectivity index (χ0) is 46.8. The predicted octanol–water partition coefficient (Wildman–Crippen LogP) is 15.8. The zero-order valence-corrected chi connectivity index (χ0v) is 39.3. The summed E-state index contributed by atoms with van der Waals surface area (Å²) in [5, 5.41) is 4.55. The van der Waals surface area contributed by atoms with Crippen LogP contribution in [0.5, 0.6) is 0 Å². The van der Waals surface area contributed by atoms with Crippen LogP contribution in [0, 0.1) is 11.8 Å².